The summed E-state index contributed by atoms with van der Waals surface area (Å²) in [7, 11) is 0. The lowest BCUT2D eigenvalue weighted by Crippen LogP contribution is -2.33. The Morgan fingerprint density at radius 1 is 1.09 bits per heavy atom. The van der Waals surface area contributed by atoms with Gasteiger partial charge in [-0.25, -0.2) is 4.98 Å². The third kappa shape index (κ3) is 4.89. The number of aromatic nitrogens is 2. The van der Waals surface area contributed by atoms with Gasteiger partial charge in [0, 0.05) is 31.5 Å². The Labute approximate surface area is 198 Å². The Morgan fingerprint density at radius 2 is 1.91 bits per heavy atom. The summed E-state index contributed by atoms with van der Waals surface area (Å²) in [4.78, 5) is 29.4. The van der Waals surface area contributed by atoms with Crippen LogP contribution in [0.3, 0.4) is 0 Å². The van der Waals surface area contributed by atoms with Gasteiger partial charge in [-0.15, -0.1) is 0 Å². The molecule has 7 nitrogen and oxygen atoms in total. The highest BCUT2D eigenvalue weighted by molar-refractivity contribution is 5.93. The Morgan fingerprint density at radius 3 is 2.76 bits per heavy atom. The quantitative estimate of drug-likeness (QED) is 0.428. The van der Waals surface area contributed by atoms with Crippen LogP contribution in [0.4, 0.5) is 0 Å². The fourth-order valence-corrected chi connectivity index (χ4v) is 4.84. The van der Waals surface area contributed by atoms with Gasteiger partial charge in [0.05, 0.1) is 17.6 Å². The smallest absolute Gasteiger partial charge is 0.287 e. The highest BCUT2D eigenvalue weighted by atomic mass is 16.3. The molecule has 4 aromatic rings. The first-order valence-electron chi connectivity index (χ1n) is 12.0. The minimum absolute atomic E-state index is 0.00696. The van der Waals surface area contributed by atoms with Gasteiger partial charge in [0.25, 0.3) is 5.91 Å². The first-order chi connectivity index (χ1) is 16.5. The average molecular weight is 459 g/mol. The number of pyridine rings is 1. The fraction of sp³-hybridized carbons (Fsp3) is 0.370. The molecule has 1 aliphatic rings. The zero-order chi connectivity index (χ0) is 23.5. The van der Waals surface area contributed by atoms with Gasteiger partial charge in [0.1, 0.15) is 11.2 Å². The first-order valence-corrected chi connectivity index (χ1v) is 12.0. The number of nitrogens with one attached hydrogen (secondary N) is 2. The van der Waals surface area contributed by atoms with E-state index >= 15 is 0 Å². The summed E-state index contributed by atoms with van der Waals surface area (Å²) >= 11 is 0. The molecule has 0 saturated heterocycles. The molecule has 0 atom stereocenters. The van der Waals surface area contributed by atoms with Gasteiger partial charge in [-0.3, -0.25) is 9.59 Å². The van der Waals surface area contributed by atoms with Crippen LogP contribution in [0.25, 0.3) is 16.6 Å². The summed E-state index contributed by atoms with van der Waals surface area (Å²) in [6, 6.07) is 12.2. The first kappa shape index (κ1) is 22.3. The van der Waals surface area contributed by atoms with Crippen molar-refractivity contribution in [3.63, 3.8) is 0 Å². The van der Waals surface area contributed by atoms with E-state index < -0.39 is 5.91 Å². The number of hydrogen-bond donors (Lipinski definition) is 2. The molecule has 0 unspecified atom stereocenters. The van der Waals surface area contributed by atoms with E-state index in [2.05, 4.69) is 34.8 Å². The highest BCUT2D eigenvalue weighted by Gasteiger charge is 2.26. The van der Waals surface area contributed by atoms with Crippen molar-refractivity contribution in [2.45, 2.75) is 52.1 Å². The number of nitrogens with zero attached hydrogens (tertiary/aromatic N) is 2. The lowest BCUT2D eigenvalue weighted by molar-refractivity contribution is 0.0923. The predicted octanol–water partition coefficient (Wildman–Crippen LogP) is 4.43. The average Bonchev–Trinajstić information content (AvgIpc) is 3.25. The number of benzene rings is 1. The Kier molecular flexibility index (Phi) is 6.20. The maximum Gasteiger partial charge on any atom is 0.287 e. The van der Waals surface area contributed by atoms with Crippen molar-refractivity contribution < 1.29 is 9.21 Å². The third-order valence-electron chi connectivity index (χ3n) is 6.79. The molecule has 7 heteroatoms. The van der Waals surface area contributed by atoms with E-state index in [1.165, 1.54) is 43.7 Å². The van der Waals surface area contributed by atoms with Crippen molar-refractivity contribution in [1.29, 1.82) is 0 Å². The number of para-hydroxylation sites is 1. The Bertz CT molecular complexity index is 1380. The van der Waals surface area contributed by atoms with Crippen molar-refractivity contribution in [2.24, 2.45) is 5.41 Å². The number of amides is 1. The van der Waals surface area contributed by atoms with Crippen LogP contribution >= 0.6 is 0 Å². The van der Waals surface area contributed by atoms with Crippen LogP contribution < -0.4 is 16.1 Å². The van der Waals surface area contributed by atoms with Gasteiger partial charge in [-0.1, -0.05) is 44.4 Å². The normalized spacial score (nSPS) is 15.6. The van der Waals surface area contributed by atoms with Crippen molar-refractivity contribution >= 4 is 22.5 Å². The summed E-state index contributed by atoms with van der Waals surface area (Å²) < 4.78 is 7.59. The second-order valence-corrected chi connectivity index (χ2v) is 9.66. The van der Waals surface area contributed by atoms with Crippen molar-refractivity contribution in [3.05, 3.63) is 82.1 Å². The number of rotatable bonds is 7. The van der Waals surface area contributed by atoms with Gasteiger partial charge in [-0.2, -0.15) is 0 Å². The summed E-state index contributed by atoms with van der Waals surface area (Å²) in [5.41, 5.74) is 3.32. The van der Waals surface area contributed by atoms with Crippen LogP contribution in [0.5, 0.6) is 0 Å². The molecule has 0 bridgehead atoms. The van der Waals surface area contributed by atoms with Gasteiger partial charge >= 0.3 is 0 Å². The molecule has 2 N–H and O–H groups in total. The molecule has 1 fully saturated rings. The van der Waals surface area contributed by atoms with Crippen LogP contribution in [0.1, 0.15) is 60.8 Å². The van der Waals surface area contributed by atoms with E-state index in [4.69, 9.17) is 4.42 Å². The van der Waals surface area contributed by atoms with Crippen molar-refractivity contribution in [1.82, 2.24) is 20.0 Å². The van der Waals surface area contributed by atoms with Crippen molar-refractivity contribution in [3.8, 4) is 0 Å². The molecular formula is C27H30N4O3. The summed E-state index contributed by atoms with van der Waals surface area (Å²) in [5, 5.41) is 6.89. The molecule has 176 valence electrons. The van der Waals surface area contributed by atoms with Crippen LogP contribution in [-0.4, -0.2) is 21.8 Å². The van der Waals surface area contributed by atoms with Crippen molar-refractivity contribution in [2.75, 3.05) is 6.54 Å². The van der Waals surface area contributed by atoms with E-state index in [-0.39, 0.29) is 17.7 Å². The van der Waals surface area contributed by atoms with Crippen LogP contribution in [0, 0.1) is 5.41 Å². The summed E-state index contributed by atoms with van der Waals surface area (Å²) in [5.74, 6) is -0.450. The zero-order valence-electron chi connectivity index (χ0n) is 19.5. The SMILES string of the molecule is CC1(CNCc2ccc3nc(CNC(=O)c4cc(=O)c5ccccc5o4)cn3c2)CCCCC1. The maximum atomic E-state index is 12.6. The lowest BCUT2D eigenvalue weighted by Gasteiger charge is -2.33. The molecule has 34 heavy (non-hydrogen) atoms. The van der Waals surface area contributed by atoms with E-state index in [9.17, 15) is 9.59 Å². The van der Waals surface area contributed by atoms with Crippen LogP contribution in [0.15, 0.2) is 64.1 Å². The molecule has 1 amide bonds. The minimum atomic E-state index is -0.444. The number of carbonyl (C=O) groups is 1. The van der Waals surface area contributed by atoms with E-state index in [0.29, 0.717) is 16.4 Å². The second kappa shape index (κ2) is 9.43. The van der Waals surface area contributed by atoms with Gasteiger partial charge in [0.15, 0.2) is 11.2 Å². The van der Waals surface area contributed by atoms with Gasteiger partial charge < -0.3 is 19.5 Å². The topological polar surface area (TPSA) is 88.6 Å². The number of hydrogen-bond acceptors (Lipinski definition) is 5. The summed E-state index contributed by atoms with van der Waals surface area (Å²) in [6.07, 6.45) is 10.6. The predicted molar refractivity (Wildman–Crippen MR) is 132 cm³/mol. The Hall–Kier alpha value is -3.45. The molecular weight excluding hydrogens is 428 g/mol. The molecule has 0 radical (unpaired) electrons. The molecule has 1 aromatic carbocycles. The monoisotopic (exact) mass is 458 g/mol. The van der Waals surface area contributed by atoms with E-state index in [1.54, 1.807) is 24.3 Å². The molecule has 3 heterocycles. The lowest BCUT2D eigenvalue weighted by atomic mass is 9.76. The van der Waals surface area contributed by atoms with Gasteiger partial charge in [-0.05, 0) is 42.0 Å². The molecule has 1 aliphatic carbocycles. The maximum absolute atomic E-state index is 12.6. The number of fused-ring (bicyclic) bond motifs is 2. The summed E-state index contributed by atoms with van der Waals surface area (Å²) in [6.45, 7) is 4.48. The third-order valence-corrected chi connectivity index (χ3v) is 6.79. The minimum Gasteiger partial charge on any atom is -0.451 e. The van der Waals surface area contributed by atoms with Gasteiger partial charge in [0.2, 0.25) is 0 Å². The molecule has 1 saturated carbocycles. The largest absolute Gasteiger partial charge is 0.451 e. The number of imidazole rings is 1. The molecule has 0 aliphatic heterocycles. The van der Waals surface area contributed by atoms with Crippen LogP contribution in [-0.2, 0) is 13.1 Å². The molecule has 0 spiro atoms. The highest BCUT2D eigenvalue weighted by Crippen LogP contribution is 2.34. The zero-order valence-corrected chi connectivity index (χ0v) is 19.5. The Balaban J connectivity index is 1.21. The molecule has 3 aromatic heterocycles. The molecule has 5 rings (SSSR count). The van der Waals surface area contributed by atoms with E-state index in [0.717, 1.165) is 24.4 Å². The van der Waals surface area contributed by atoms with Crippen LogP contribution in [0.2, 0.25) is 0 Å². The standard InChI is InChI=1S/C27H30N4O3/c1-27(11-5-2-6-12-27)18-28-14-19-9-10-25-30-20(17-31(25)16-19)15-29-26(33)24-13-22(32)21-7-3-4-8-23(21)34-24/h3-4,7-10,13,16-17,28H,2,5-6,11-12,14-15,18H2,1H3,(H,29,33). The second-order valence-electron chi connectivity index (χ2n) is 9.66. The van der Waals surface area contributed by atoms with E-state index in [1.807, 2.05) is 16.7 Å². The fourth-order valence-electron chi connectivity index (χ4n) is 4.84. The number of carbonyl (C=O) groups excluding carboxylic acids is 1.